The van der Waals surface area contributed by atoms with Gasteiger partial charge in [0.2, 0.25) is 0 Å². The van der Waals surface area contributed by atoms with Crippen molar-refractivity contribution in [3.8, 4) is 0 Å². The van der Waals surface area contributed by atoms with E-state index in [0.717, 1.165) is 36.1 Å². The lowest BCUT2D eigenvalue weighted by molar-refractivity contribution is 0.729. The number of unbranched alkanes of at least 4 members (excludes halogenated alkanes) is 1. The van der Waals surface area contributed by atoms with Gasteiger partial charge in [-0.3, -0.25) is 4.99 Å². The van der Waals surface area contributed by atoms with E-state index in [9.17, 15) is 0 Å². The van der Waals surface area contributed by atoms with Gasteiger partial charge in [0, 0.05) is 25.2 Å². The van der Waals surface area contributed by atoms with E-state index < -0.39 is 0 Å². The van der Waals surface area contributed by atoms with Gasteiger partial charge in [0.15, 0.2) is 5.96 Å². The van der Waals surface area contributed by atoms with E-state index in [0.29, 0.717) is 0 Å². The number of rotatable bonds is 5. The first-order chi connectivity index (χ1) is 8.26. The molecule has 1 aromatic carbocycles. The second kappa shape index (κ2) is 10.4. The van der Waals surface area contributed by atoms with Crippen LogP contribution in [0.4, 0.5) is 0 Å². The summed E-state index contributed by atoms with van der Waals surface area (Å²) in [6, 6.07) is 7.82. The van der Waals surface area contributed by atoms with Crippen molar-refractivity contribution in [3.05, 3.63) is 34.9 Å². The zero-order valence-electron chi connectivity index (χ0n) is 10.9. The second-order valence-corrected chi connectivity index (χ2v) is 4.27. The van der Waals surface area contributed by atoms with Crippen LogP contribution in [0.1, 0.15) is 25.3 Å². The summed E-state index contributed by atoms with van der Waals surface area (Å²) >= 11 is 5.92. The van der Waals surface area contributed by atoms with Crippen molar-refractivity contribution in [2.75, 3.05) is 13.6 Å². The van der Waals surface area contributed by atoms with Crippen molar-refractivity contribution in [1.29, 1.82) is 0 Å². The summed E-state index contributed by atoms with van der Waals surface area (Å²) in [5.41, 5.74) is 1.15. The summed E-state index contributed by atoms with van der Waals surface area (Å²) in [4.78, 5) is 4.16. The van der Waals surface area contributed by atoms with Crippen molar-refractivity contribution < 1.29 is 0 Å². The fourth-order valence-electron chi connectivity index (χ4n) is 1.44. The van der Waals surface area contributed by atoms with E-state index >= 15 is 0 Å². The summed E-state index contributed by atoms with van der Waals surface area (Å²) in [5.74, 6) is 0.832. The van der Waals surface area contributed by atoms with Crippen LogP contribution in [0.2, 0.25) is 5.02 Å². The average Bonchev–Trinajstić information content (AvgIpc) is 2.34. The number of aliphatic imine (C=N–C) groups is 1. The predicted octanol–water partition coefficient (Wildman–Crippen LogP) is 3.42. The van der Waals surface area contributed by atoms with Crippen LogP contribution in [0, 0.1) is 0 Å². The van der Waals surface area contributed by atoms with E-state index in [2.05, 4.69) is 22.5 Å². The highest BCUT2D eigenvalue weighted by Crippen LogP contribution is 2.10. The summed E-state index contributed by atoms with van der Waals surface area (Å²) < 4.78 is 0. The van der Waals surface area contributed by atoms with E-state index in [4.69, 9.17) is 11.6 Å². The van der Waals surface area contributed by atoms with Crippen LogP contribution >= 0.6 is 35.6 Å². The molecule has 0 aliphatic carbocycles. The van der Waals surface area contributed by atoms with Gasteiger partial charge in [-0.1, -0.05) is 37.1 Å². The molecule has 0 spiro atoms. The van der Waals surface area contributed by atoms with Crippen molar-refractivity contribution in [3.63, 3.8) is 0 Å². The highest BCUT2D eigenvalue weighted by molar-refractivity contribution is 14.0. The number of hydrogen-bond donors (Lipinski definition) is 2. The molecule has 0 aliphatic rings. The molecule has 0 bridgehead atoms. The third-order valence-corrected chi connectivity index (χ3v) is 2.63. The van der Waals surface area contributed by atoms with Crippen LogP contribution in [-0.2, 0) is 6.54 Å². The van der Waals surface area contributed by atoms with E-state index in [1.807, 2.05) is 24.3 Å². The van der Waals surface area contributed by atoms with Gasteiger partial charge >= 0.3 is 0 Å². The Bertz CT molecular complexity index is 369. The molecule has 0 atom stereocenters. The van der Waals surface area contributed by atoms with Gasteiger partial charge in [0.05, 0.1) is 0 Å². The van der Waals surface area contributed by atoms with Gasteiger partial charge in [-0.25, -0.2) is 0 Å². The topological polar surface area (TPSA) is 36.4 Å². The normalized spacial score (nSPS) is 10.7. The van der Waals surface area contributed by atoms with Gasteiger partial charge < -0.3 is 10.6 Å². The summed E-state index contributed by atoms with van der Waals surface area (Å²) in [7, 11) is 1.78. The molecule has 0 aromatic heterocycles. The van der Waals surface area contributed by atoms with Gasteiger partial charge in [0.25, 0.3) is 0 Å². The number of guanidine groups is 1. The Hall–Kier alpha value is -0.490. The Kier molecular flexibility index (Phi) is 10.2. The fraction of sp³-hybridized carbons (Fsp3) is 0.462. The average molecular weight is 382 g/mol. The highest BCUT2D eigenvalue weighted by atomic mass is 127. The van der Waals surface area contributed by atoms with E-state index in [-0.39, 0.29) is 24.0 Å². The first-order valence-electron chi connectivity index (χ1n) is 5.95. The number of nitrogens with one attached hydrogen (secondary N) is 2. The molecule has 0 amide bonds. The zero-order chi connectivity index (χ0) is 12.5. The molecule has 102 valence electrons. The minimum absolute atomic E-state index is 0. The molecule has 0 saturated heterocycles. The summed E-state index contributed by atoms with van der Waals surface area (Å²) in [6.45, 7) is 3.85. The fourth-order valence-corrected chi connectivity index (χ4v) is 1.65. The molecule has 2 N–H and O–H groups in total. The molecule has 0 radical (unpaired) electrons. The monoisotopic (exact) mass is 381 g/mol. The van der Waals surface area contributed by atoms with Crippen molar-refractivity contribution >= 4 is 41.5 Å². The molecule has 1 aromatic rings. The van der Waals surface area contributed by atoms with Gasteiger partial charge in [-0.05, 0) is 24.1 Å². The van der Waals surface area contributed by atoms with Crippen molar-refractivity contribution in [2.45, 2.75) is 26.3 Å². The molecule has 1 rings (SSSR count). The van der Waals surface area contributed by atoms with Gasteiger partial charge in [-0.2, -0.15) is 0 Å². The smallest absolute Gasteiger partial charge is 0.191 e. The standard InChI is InChI=1S/C13H20ClN3.HI/c1-3-4-8-16-13(15-2)17-10-11-6-5-7-12(14)9-11;/h5-7,9H,3-4,8,10H2,1-2H3,(H2,15,16,17);1H. The molecule has 0 fully saturated rings. The predicted molar refractivity (Wildman–Crippen MR) is 90.0 cm³/mol. The third-order valence-electron chi connectivity index (χ3n) is 2.40. The first kappa shape index (κ1) is 17.5. The van der Waals surface area contributed by atoms with Crippen LogP contribution in [0.15, 0.2) is 29.3 Å². The van der Waals surface area contributed by atoms with Crippen LogP contribution in [0.5, 0.6) is 0 Å². The minimum atomic E-state index is 0. The number of benzene rings is 1. The SMILES string of the molecule is CCCCNC(=NC)NCc1cccc(Cl)c1.I. The molecule has 5 heteroatoms. The summed E-state index contributed by atoms with van der Waals surface area (Å²) in [5, 5.41) is 7.28. The maximum absolute atomic E-state index is 5.92. The second-order valence-electron chi connectivity index (χ2n) is 3.84. The largest absolute Gasteiger partial charge is 0.356 e. The Labute approximate surface area is 131 Å². The molecular weight excluding hydrogens is 361 g/mol. The van der Waals surface area contributed by atoms with Crippen molar-refractivity contribution in [2.24, 2.45) is 4.99 Å². The Morgan fingerprint density at radius 3 is 2.72 bits per heavy atom. The lowest BCUT2D eigenvalue weighted by Crippen LogP contribution is -2.37. The molecule has 0 saturated carbocycles. The van der Waals surface area contributed by atoms with Crippen LogP contribution in [0.3, 0.4) is 0 Å². The lowest BCUT2D eigenvalue weighted by Gasteiger charge is -2.11. The Morgan fingerprint density at radius 1 is 1.33 bits per heavy atom. The van der Waals surface area contributed by atoms with Gasteiger partial charge in [-0.15, -0.1) is 24.0 Å². The minimum Gasteiger partial charge on any atom is -0.356 e. The molecule has 0 unspecified atom stereocenters. The van der Waals surface area contributed by atoms with E-state index in [1.165, 1.54) is 6.42 Å². The van der Waals surface area contributed by atoms with Crippen LogP contribution in [0.25, 0.3) is 0 Å². The van der Waals surface area contributed by atoms with Crippen molar-refractivity contribution in [1.82, 2.24) is 10.6 Å². The number of nitrogens with zero attached hydrogens (tertiary/aromatic N) is 1. The van der Waals surface area contributed by atoms with Crippen LogP contribution in [-0.4, -0.2) is 19.6 Å². The molecule has 18 heavy (non-hydrogen) atoms. The molecule has 3 nitrogen and oxygen atoms in total. The first-order valence-corrected chi connectivity index (χ1v) is 6.33. The van der Waals surface area contributed by atoms with E-state index in [1.54, 1.807) is 7.05 Å². The Balaban J connectivity index is 0.00000289. The molecule has 0 aliphatic heterocycles. The van der Waals surface area contributed by atoms with Crippen LogP contribution < -0.4 is 10.6 Å². The lowest BCUT2D eigenvalue weighted by atomic mass is 10.2. The highest BCUT2D eigenvalue weighted by Gasteiger charge is 1.98. The molecular formula is C13H21ClIN3. The zero-order valence-corrected chi connectivity index (χ0v) is 14.0. The number of halogens is 2. The Morgan fingerprint density at radius 2 is 2.11 bits per heavy atom. The quantitative estimate of drug-likeness (QED) is 0.355. The maximum Gasteiger partial charge on any atom is 0.191 e. The van der Waals surface area contributed by atoms with Gasteiger partial charge in [0.1, 0.15) is 0 Å². The maximum atomic E-state index is 5.92. The summed E-state index contributed by atoms with van der Waals surface area (Å²) in [6.07, 6.45) is 2.33. The third kappa shape index (κ3) is 7.06. The number of hydrogen-bond acceptors (Lipinski definition) is 1. The molecule has 0 heterocycles.